The van der Waals surface area contributed by atoms with Gasteiger partial charge in [-0.3, -0.25) is 4.90 Å². The van der Waals surface area contributed by atoms with E-state index in [0.29, 0.717) is 11.6 Å². The Morgan fingerprint density at radius 3 is 2.89 bits per heavy atom. The average Bonchev–Trinajstić information content (AvgIpc) is 2.66. The van der Waals surface area contributed by atoms with Gasteiger partial charge in [0.1, 0.15) is 11.6 Å². The summed E-state index contributed by atoms with van der Waals surface area (Å²) >= 11 is 0. The first-order valence-electron chi connectivity index (χ1n) is 7.00. The molecule has 1 saturated heterocycles. The fourth-order valence-corrected chi connectivity index (χ4v) is 2.80. The van der Waals surface area contributed by atoms with Crippen LogP contribution in [0.4, 0.5) is 4.39 Å². The number of rotatable bonds is 3. The molecule has 0 aromatic heterocycles. The molecule has 4 heteroatoms. The normalized spacial score (nSPS) is 22.2. The Morgan fingerprint density at radius 1 is 1.37 bits per heavy atom. The minimum absolute atomic E-state index is 0.0173. The van der Waals surface area contributed by atoms with Crippen molar-refractivity contribution in [3.63, 3.8) is 0 Å². The molecule has 0 spiro atoms. The molecule has 0 radical (unpaired) electrons. The van der Waals surface area contributed by atoms with Gasteiger partial charge < -0.3 is 10.4 Å². The number of hydrogen-bond acceptors (Lipinski definition) is 3. The zero-order chi connectivity index (χ0) is 13.8. The average molecular weight is 266 g/mol. The Hall–Kier alpha value is -1.13. The molecule has 2 unspecified atom stereocenters. The lowest BCUT2D eigenvalue weighted by atomic mass is 10.0. The van der Waals surface area contributed by atoms with Crippen molar-refractivity contribution in [2.45, 2.75) is 38.3 Å². The molecule has 0 amide bonds. The standard InChI is InChI=1S/C15H23FN2O/c1-11(14-6-5-13(19)10-15(14)16)18(2)12-4-3-8-17-9-7-12/h5-6,10-12,17,19H,3-4,7-9H2,1-2H3. The third-order valence-electron chi connectivity index (χ3n) is 4.17. The molecule has 1 aromatic carbocycles. The number of nitrogens with one attached hydrogen (secondary N) is 1. The van der Waals surface area contributed by atoms with Crippen molar-refractivity contribution in [2.24, 2.45) is 0 Å². The van der Waals surface area contributed by atoms with Crippen LogP contribution in [-0.2, 0) is 0 Å². The lowest BCUT2D eigenvalue weighted by Gasteiger charge is -2.33. The van der Waals surface area contributed by atoms with Crippen LogP contribution >= 0.6 is 0 Å². The van der Waals surface area contributed by atoms with Gasteiger partial charge >= 0.3 is 0 Å². The minimum atomic E-state index is -0.328. The van der Waals surface area contributed by atoms with E-state index in [2.05, 4.69) is 17.3 Å². The van der Waals surface area contributed by atoms with Crippen molar-refractivity contribution >= 4 is 0 Å². The lowest BCUT2D eigenvalue weighted by Crippen LogP contribution is -2.35. The third kappa shape index (κ3) is 3.45. The Bertz CT molecular complexity index is 417. The van der Waals surface area contributed by atoms with Gasteiger partial charge in [0.25, 0.3) is 0 Å². The smallest absolute Gasteiger partial charge is 0.131 e. The van der Waals surface area contributed by atoms with Crippen molar-refractivity contribution in [2.75, 3.05) is 20.1 Å². The fraction of sp³-hybridized carbons (Fsp3) is 0.600. The van der Waals surface area contributed by atoms with Crippen molar-refractivity contribution in [3.05, 3.63) is 29.6 Å². The number of phenols is 1. The van der Waals surface area contributed by atoms with E-state index in [1.807, 2.05) is 6.92 Å². The Labute approximate surface area is 114 Å². The zero-order valence-electron chi connectivity index (χ0n) is 11.7. The van der Waals surface area contributed by atoms with E-state index >= 15 is 0 Å². The van der Waals surface area contributed by atoms with Crippen molar-refractivity contribution in [3.8, 4) is 5.75 Å². The molecule has 0 saturated carbocycles. The van der Waals surface area contributed by atoms with Gasteiger partial charge in [0.15, 0.2) is 0 Å². The van der Waals surface area contributed by atoms with Crippen LogP contribution in [0.2, 0.25) is 0 Å². The second-order valence-electron chi connectivity index (χ2n) is 5.38. The van der Waals surface area contributed by atoms with Crippen LogP contribution in [0.5, 0.6) is 5.75 Å². The molecule has 106 valence electrons. The van der Waals surface area contributed by atoms with Gasteiger partial charge in [0.2, 0.25) is 0 Å². The van der Waals surface area contributed by atoms with Crippen LogP contribution in [0.15, 0.2) is 18.2 Å². The summed E-state index contributed by atoms with van der Waals surface area (Å²) in [6.07, 6.45) is 3.41. The summed E-state index contributed by atoms with van der Waals surface area (Å²) in [6.45, 7) is 4.12. The van der Waals surface area contributed by atoms with Gasteiger partial charge in [0.05, 0.1) is 0 Å². The highest BCUT2D eigenvalue weighted by molar-refractivity contribution is 5.29. The summed E-state index contributed by atoms with van der Waals surface area (Å²) < 4.78 is 13.9. The maximum atomic E-state index is 13.9. The monoisotopic (exact) mass is 266 g/mol. The number of hydrogen-bond donors (Lipinski definition) is 2. The van der Waals surface area contributed by atoms with Gasteiger partial charge in [-0.25, -0.2) is 4.39 Å². The molecule has 1 heterocycles. The Kier molecular flexibility index (Phi) is 4.77. The van der Waals surface area contributed by atoms with Crippen LogP contribution in [-0.4, -0.2) is 36.2 Å². The zero-order valence-corrected chi connectivity index (χ0v) is 11.7. The summed E-state index contributed by atoms with van der Waals surface area (Å²) in [5.41, 5.74) is 0.650. The first-order chi connectivity index (χ1) is 9.09. The molecule has 2 rings (SSSR count). The highest BCUT2D eigenvalue weighted by Crippen LogP contribution is 2.28. The summed E-state index contributed by atoms with van der Waals surface area (Å²) in [4.78, 5) is 2.25. The van der Waals surface area contributed by atoms with Crippen molar-refractivity contribution in [1.82, 2.24) is 10.2 Å². The number of aromatic hydroxyl groups is 1. The molecule has 1 aliphatic heterocycles. The second kappa shape index (κ2) is 6.35. The number of phenolic OH excluding ortho intramolecular Hbond substituents is 1. The van der Waals surface area contributed by atoms with E-state index < -0.39 is 0 Å². The fourth-order valence-electron chi connectivity index (χ4n) is 2.80. The second-order valence-corrected chi connectivity index (χ2v) is 5.38. The molecule has 0 aliphatic carbocycles. The predicted molar refractivity (Wildman–Crippen MR) is 74.8 cm³/mol. The highest BCUT2D eigenvalue weighted by atomic mass is 19.1. The van der Waals surface area contributed by atoms with E-state index in [-0.39, 0.29) is 17.6 Å². The van der Waals surface area contributed by atoms with Gasteiger partial charge in [-0.2, -0.15) is 0 Å². The largest absolute Gasteiger partial charge is 0.508 e. The first-order valence-corrected chi connectivity index (χ1v) is 7.00. The van der Waals surface area contributed by atoms with Gasteiger partial charge in [-0.15, -0.1) is 0 Å². The molecular formula is C15H23FN2O. The van der Waals surface area contributed by atoms with Crippen molar-refractivity contribution in [1.29, 1.82) is 0 Å². The molecule has 0 bridgehead atoms. The maximum absolute atomic E-state index is 13.9. The van der Waals surface area contributed by atoms with Crippen LogP contribution in [0.1, 0.15) is 37.8 Å². The molecule has 1 aliphatic rings. The third-order valence-corrected chi connectivity index (χ3v) is 4.17. The van der Waals surface area contributed by atoms with Crippen LogP contribution < -0.4 is 5.32 Å². The summed E-state index contributed by atoms with van der Waals surface area (Å²) in [5.74, 6) is -0.346. The summed E-state index contributed by atoms with van der Waals surface area (Å²) in [7, 11) is 2.06. The summed E-state index contributed by atoms with van der Waals surface area (Å²) in [6, 6.07) is 4.92. The Morgan fingerprint density at radius 2 is 2.16 bits per heavy atom. The van der Waals surface area contributed by atoms with E-state index in [1.54, 1.807) is 12.1 Å². The van der Waals surface area contributed by atoms with E-state index in [4.69, 9.17) is 0 Å². The maximum Gasteiger partial charge on any atom is 0.131 e. The highest BCUT2D eigenvalue weighted by Gasteiger charge is 2.23. The van der Waals surface area contributed by atoms with E-state index in [9.17, 15) is 9.50 Å². The number of benzene rings is 1. The first kappa shape index (κ1) is 14.3. The molecule has 2 atom stereocenters. The Balaban J connectivity index is 2.10. The quantitative estimate of drug-likeness (QED) is 0.883. The van der Waals surface area contributed by atoms with Crippen LogP contribution in [0.3, 0.4) is 0 Å². The molecule has 2 N–H and O–H groups in total. The van der Waals surface area contributed by atoms with E-state index in [0.717, 1.165) is 25.9 Å². The predicted octanol–water partition coefficient (Wildman–Crippen LogP) is 2.67. The molecule has 3 nitrogen and oxygen atoms in total. The molecule has 19 heavy (non-hydrogen) atoms. The molecular weight excluding hydrogens is 243 g/mol. The molecule has 1 fully saturated rings. The van der Waals surface area contributed by atoms with Crippen LogP contribution in [0, 0.1) is 5.82 Å². The molecule has 1 aromatic rings. The van der Waals surface area contributed by atoms with Gasteiger partial charge in [-0.1, -0.05) is 6.07 Å². The van der Waals surface area contributed by atoms with E-state index in [1.165, 1.54) is 12.5 Å². The lowest BCUT2D eigenvalue weighted by molar-refractivity contribution is 0.168. The topological polar surface area (TPSA) is 35.5 Å². The minimum Gasteiger partial charge on any atom is -0.508 e. The van der Waals surface area contributed by atoms with Crippen LogP contribution in [0.25, 0.3) is 0 Å². The van der Waals surface area contributed by atoms with Gasteiger partial charge in [-0.05, 0) is 52.4 Å². The summed E-state index contributed by atoms with van der Waals surface area (Å²) in [5, 5.41) is 12.7. The SMILES string of the molecule is CC(c1ccc(O)cc1F)N(C)C1CCCNCC1. The van der Waals surface area contributed by atoms with Gasteiger partial charge in [0, 0.05) is 23.7 Å². The number of nitrogens with zero attached hydrogens (tertiary/aromatic N) is 1. The number of halogens is 1. The van der Waals surface area contributed by atoms with Crippen molar-refractivity contribution < 1.29 is 9.50 Å².